The summed E-state index contributed by atoms with van der Waals surface area (Å²) < 4.78 is 0. The molecule has 1 heterocycles. The van der Waals surface area contributed by atoms with Gasteiger partial charge in [-0.05, 0) is 20.4 Å². The third kappa shape index (κ3) is 5.82. The molecule has 0 saturated heterocycles. The van der Waals surface area contributed by atoms with Gasteiger partial charge in [-0.25, -0.2) is 9.97 Å². The van der Waals surface area contributed by atoms with Gasteiger partial charge in [0, 0.05) is 25.7 Å². The zero-order valence-electron chi connectivity index (χ0n) is 11.7. The second kappa shape index (κ2) is 8.69. The van der Waals surface area contributed by atoms with Gasteiger partial charge in [0.25, 0.3) is 0 Å². The number of hydrogen-bond acceptors (Lipinski definition) is 5. The Morgan fingerprint density at radius 2 is 1.67 bits per heavy atom. The van der Waals surface area contributed by atoms with Crippen molar-refractivity contribution in [3.63, 3.8) is 0 Å². The Bertz CT molecular complexity index is 340. The Morgan fingerprint density at radius 3 is 2.28 bits per heavy atom. The summed E-state index contributed by atoms with van der Waals surface area (Å²) in [4.78, 5) is 8.74. The number of unbranched alkanes of at least 4 members (excludes halogenated alkanes) is 2. The van der Waals surface area contributed by atoms with Gasteiger partial charge in [-0.2, -0.15) is 0 Å². The van der Waals surface area contributed by atoms with Gasteiger partial charge in [0.15, 0.2) is 0 Å². The number of aromatic nitrogens is 2. The number of anilines is 2. The Kier molecular flexibility index (Phi) is 7.10. The summed E-state index contributed by atoms with van der Waals surface area (Å²) in [5.41, 5.74) is 0. The fourth-order valence-corrected chi connectivity index (χ4v) is 1.66. The highest BCUT2D eigenvalue weighted by molar-refractivity contribution is 5.47. The summed E-state index contributed by atoms with van der Waals surface area (Å²) >= 11 is 0. The maximum absolute atomic E-state index is 4.38. The highest BCUT2D eigenvalue weighted by atomic mass is 15.1. The molecule has 0 aliphatic carbocycles. The van der Waals surface area contributed by atoms with E-state index in [-0.39, 0.29) is 0 Å². The van der Waals surface area contributed by atoms with E-state index in [1.54, 1.807) is 0 Å². The van der Waals surface area contributed by atoms with Crippen LogP contribution in [0.4, 0.5) is 11.6 Å². The fraction of sp³-hybridized carbons (Fsp3) is 0.692. The molecule has 0 saturated carbocycles. The molecule has 1 rings (SSSR count). The van der Waals surface area contributed by atoms with E-state index in [4.69, 9.17) is 0 Å². The van der Waals surface area contributed by atoms with E-state index in [0.29, 0.717) is 0 Å². The van der Waals surface area contributed by atoms with Crippen LogP contribution in [0.3, 0.4) is 0 Å². The van der Waals surface area contributed by atoms with Crippen LogP contribution in [0.5, 0.6) is 0 Å². The maximum Gasteiger partial charge on any atom is 0.131 e. The summed E-state index contributed by atoms with van der Waals surface area (Å²) in [5.74, 6) is 2.59. The quantitative estimate of drug-likeness (QED) is 0.586. The summed E-state index contributed by atoms with van der Waals surface area (Å²) in [5, 5.41) is 9.71. The normalized spacial score (nSPS) is 10.4. The van der Waals surface area contributed by atoms with Crippen LogP contribution >= 0.6 is 0 Å². The third-order valence-corrected chi connectivity index (χ3v) is 2.61. The third-order valence-electron chi connectivity index (χ3n) is 2.61. The number of nitrogens with zero attached hydrogens (tertiary/aromatic N) is 2. The first-order valence-electron chi connectivity index (χ1n) is 6.74. The van der Waals surface area contributed by atoms with E-state index in [1.165, 1.54) is 19.3 Å². The molecule has 0 aromatic carbocycles. The SMILES string of the molecule is CCCCCNc1cc(NCCNC)nc(C)n1. The molecule has 0 bridgehead atoms. The van der Waals surface area contributed by atoms with Crippen molar-refractivity contribution >= 4 is 11.6 Å². The van der Waals surface area contributed by atoms with E-state index in [9.17, 15) is 0 Å². The molecule has 102 valence electrons. The van der Waals surface area contributed by atoms with Crippen molar-refractivity contribution in [1.29, 1.82) is 0 Å². The molecule has 3 N–H and O–H groups in total. The van der Waals surface area contributed by atoms with Crippen molar-refractivity contribution in [3.05, 3.63) is 11.9 Å². The molecule has 0 unspecified atom stereocenters. The van der Waals surface area contributed by atoms with Crippen LogP contribution in [0.2, 0.25) is 0 Å². The molecule has 0 aliphatic heterocycles. The summed E-state index contributed by atoms with van der Waals surface area (Å²) in [6.07, 6.45) is 3.67. The molecular formula is C13H25N5. The van der Waals surface area contributed by atoms with Gasteiger partial charge >= 0.3 is 0 Å². The first-order valence-corrected chi connectivity index (χ1v) is 6.74. The molecule has 5 nitrogen and oxygen atoms in total. The largest absolute Gasteiger partial charge is 0.370 e. The van der Waals surface area contributed by atoms with E-state index in [1.807, 2.05) is 20.0 Å². The van der Waals surface area contributed by atoms with Crippen LogP contribution in [0.25, 0.3) is 0 Å². The average Bonchev–Trinajstić information content (AvgIpc) is 2.34. The van der Waals surface area contributed by atoms with Gasteiger partial charge in [-0.15, -0.1) is 0 Å². The number of likely N-dealkylation sites (N-methyl/N-ethyl adjacent to an activating group) is 1. The first kappa shape index (κ1) is 14.7. The van der Waals surface area contributed by atoms with Crippen LogP contribution in [-0.2, 0) is 0 Å². The molecule has 0 fully saturated rings. The van der Waals surface area contributed by atoms with Gasteiger partial charge in [-0.1, -0.05) is 19.8 Å². The zero-order valence-corrected chi connectivity index (χ0v) is 11.7. The van der Waals surface area contributed by atoms with E-state index in [2.05, 4.69) is 32.8 Å². The van der Waals surface area contributed by atoms with Crippen molar-refractivity contribution < 1.29 is 0 Å². The Labute approximate surface area is 110 Å². The van der Waals surface area contributed by atoms with E-state index < -0.39 is 0 Å². The van der Waals surface area contributed by atoms with E-state index >= 15 is 0 Å². The Hall–Kier alpha value is -1.36. The molecule has 1 aromatic heterocycles. The number of hydrogen-bond donors (Lipinski definition) is 3. The Morgan fingerprint density at radius 1 is 1.00 bits per heavy atom. The lowest BCUT2D eigenvalue weighted by molar-refractivity contribution is 0.741. The molecule has 1 aromatic rings. The van der Waals surface area contributed by atoms with Crippen molar-refractivity contribution in [2.24, 2.45) is 0 Å². The van der Waals surface area contributed by atoms with Crippen molar-refractivity contribution in [2.75, 3.05) is 37.3 Å². The van der Waals surface area contributed by atoms with Crippen LogP contribution in [-0.4, -0.2) is 36.6 Å². The monoisotopic (exact) mass is 251 g/mol. The average molecular weight is 251 g/mol. The first-order chi connectivity index (χ1) is 8.76. The van der Waals surface area contributed by atoms with Gasteiger partial charge < -0.3 is 16.0 Å². The van der Waals surface area contributed by atoms with Gasteiger partial charge in [0.05, 0.1) is 0 Å². The lowest BCUT2D eigenvalue weighted by atomic mass is 10.2. The minimum absolute atomic E-state index is 0.794. The highest BCUT2D eigenvalue weighted by Crippen LogP contribution is 2.11. The van der Waals surface area contributed by atoms with E-state index in [0.717, 1.165) is 37.1 Å². The summed E-state index contributed by atoms with van der Waals surface area (Å²) in [6, 6.07) is 1.97. The number of aryl methyl sites for hydroxylation is 1. The standard InChI is InChI=1S/C13H25N5/c1-4-5-6-7-15-12-10-13(16-9-8-14-3)18-11(2)17-12/h10,14H,4-9H2,1-3H3,(H2,15,16,17,18). The summed E-state index contributed by atoms with van der Waals surface area (Å²) in [6.45, 7) is 6.88. The van der Waals surface area contributed by atoms with Gasteiger partial charge in [0.1, 0.15) is 17.5 Å². The second-order valence-corrected chi connectivity index (χ2v) is 4.35. The molecule has 0 radical (unpaired) electrons. The predicted octanol–water partition coefficient (Wildman–Crippen LogP) is 2.02. The summed E-state index contributed by atoms with van der Waals surface area (Å²) in [7, 11) is 1.94. The van der Waals surface area contributed by atoms with Crippen LogP contribution in [0, 0.1) is 6.92 Å². The van der Waals surface area contributed by atoms with Crippen LogP contribution < -0.4 is 16.0 Å². The Balaban J connectivity index is 2.46. The topological polar surface area (TPSA) is 61.9 Å². The second-order valence-electron chi connectivity index (χ2n) is 4.35. The maximum atomic E-state index is 4.38. The molecule has 0 spiro atoms. The molecule has 0 atom stereocenters. The lowest BCUT2D eigenvalue weighted by Crippen LogP contribution is -2.18. The van der Waals surface area contributed by atoms with Crippen LogP contribution in [0.1, 0.15) is 32.0 Å². The molecule has 0 amide bonds. The molecule has 18 heavy (non-hydrogen) atoms. The van der Waals surface area contributed by atoms with Gasteiger partial charge in [-0.3, -0.25) is 0 Å². The zero-order chi connectivity index (χ0) is 13.2. The van der Waals surface area contributed by atoms with Crippen LogP contribution in [0.15, 0.2) is 6.07 Å². The predicted molar refractivity (Wildman–Crippen MR) is 77.2 cm³/mol. The fourth-order valence-electron chi connectivity index (χ4n) is 1.66. The lowest BCUT2D eigenvalue weighted by Gasteiger charge is -2.09. The number of nitrogens with one attached hydrogen (secondary N) is 3. The van der Waals surface area contributed by atoms with Crippen molar-refractivity contribution in [1.82, 2.24) is 15.3 Å². The number of rotatable bonds is 9. The van der Waals surface area contributed by atoms with Crippen molar-refractivity contribution in [2.45, 2.75) is 33.1 Å². The molecular weight excluding hydrogens is 226 g/mol. The smallest absolute Gasteiger partial charge is 0.131 e. The molecule has 5 heteroatoms. The van der Waals surface area contributed by atoms with Crippen molar-refractivity contribution in [3.8, 4) is 0 Å². The minimum atomic E-state index is 0.794. The highest BCUT2D eigenvalue weighted by Gasteiger charge is 2.00. The molecule has 0 aliphatic rings. The minimum Gasteiger partial charge on any atom is -0.370 e. The van der Waals surface area contributed by atoms with Gasteiger partial charge in [0.2, 0.25) is 0 Å².